The zero-order valence-corrected chi connectivity index (χ0v) is 18.9. The molecule has 0 radical (unpaired) electrons. The molecule has 0 saturated heterocycles. The van der Waals surface area contributed by atoms with E-state index < -0.39 is 77.2 Å². The summed E-state index contributed by atoms with van der Waals surface area (Å²) in [4.78, 5) is 32.0. The van der Waals surface area contributed by atoms with Crippen molar-refractivity contribution in [2.24, 2.45) is 0 Å². The summed E-state index contributed by atoms with van der Waals surface area (Å²) in [5, 5.41) is 14.9. The molecule has 1 amide bonds. The molecule has 0 saturated carbocycles. The third kappa shape index (κ3) is 5.71. The lowest BCUT2D eigenvalue weighted by Crippen LogP contribution is -2.33. The molecule has 17 heteroatoms. The molecule has 2 N–H and O–H groups in total. The molecule has 0 unspecified atom stereocenters. The number of carbonyl (C=O) groups is 1. The summed E-state index contributed by atoms with van der Waals surface area (Å²) < 4.78 is 100. The number of pyridine rings is 2. The fraction of sp³-hybridized carbons (Fsp3) is 0.350. The van der Waals surface area contributed by atoms with E-state index >= 15 is 0 Å². The molecule has 200 valence electrons. The first kappa shape index (κ1) is 27.6. The largest absolute Gasteiger partial charge is 0.464 e. The Balaban J connectivity index is 2.14. The average molecular weight is 538 g/mol. The quantitative estimate of drug-likeness (QED) is 0.423. The molecule has 3 rings (SSSR count). The van der Waals surface area contributed by atoms with Gasteiger partial charge in [-0.05, 0) is 26.0 Å². The maximum Gasteiger partial charge on any atom is 0.425 e. The van der Waals surface area contributed by atoms with Crippen LogP contribution >= 0.6 is 0 Å². The van der Waals surface area contributed by atoms with Crippen molar-refractivity contribution in [2.75, 3.05) is 5.32 Å². The van der Waals surface area contributed by atoms with Crippen molar-refractivity contribution in [3.63, 3.8) is 0 Å². The zero-order chi connectivity index (χ0) is 27.7. The van der Waals surface area contributed by atoms with Crippen LogP contribution in [0.4, 0.5) is 36.4 Å². The lowest BCUT2D eigenvalue weighted by atomic mass is 10.2. The van der Waals surface area contributed by atoms with Crippen LogP contribution in [0.2, 0.25) is 0 Å². The molecule has 0 aromatic carbocycles. The Hall–Kier alpha value is -4.02. The van der Waals surface area contributed by atoms with Crippen LogP contribution < -0.4 is 15.7 Å². The van der Waals surface area contributed by atoms with Gasteiger partial charge in [-0.1, -0.05) is 0 Å². The molecule has 3 aromatic heterocycles. The first-order valence-corrected chi connectivity index (χ1v) is 10.3. The number of aliphatic hydroxyl groups is 1. The van der Waals surface area contributed by atoms with Crippen LogP contribution in [-0.2, 0) is 13.2 Å². The highest BCUT2D eigenvalue weighted by atomic mass is 19.4. The number of hydrogen-bond donors (Lipinski definition) is 2. The first-order chi connectivity index (χ1) is 17.3. The van der Waals surface area contributed by atoms with Gasteiger partial charge < -0.3 is 15.2 Å². The van der Waals surface area contributed by atoms with Crippen LogP contribution in [0, 0.1) is 11.6 Å². The third-order valence-electron chi connectivity index (χ3n) is 4.86. The predicted octanol–water partition coefficient (Wildman–Crippen LogP) is 3.13. The number of hydrogen-bond acceptors (Lipinski definition) is 7. The summed E-state index contributed by atoms with van der Waals surface area (Å²) in [6.45, 7) is 1.29. The minimum atomic E-state index is -4.97. The van der Waals surface area contributed by atoms with Gasteiger partial charge in [0.15, 0.2) is 29.4 Å². The number of ether oxygens (including phenoxy) is 1. The number of nitrogens with zero attached hydrogens (tertiary/aromatic N) is 5. The number of amides is 1. The number of rotatable bonds is 8. The van der Waals surface area contributed by atoms with Gasteiger partial charge in [0.1, 0.15) is 17.9 Å². The van der Waals surface area contributed by atoms with E-state index in [-0.39, 0.29) is 12.4 Å². The van der Waals surface area contributed by atoms with Gasteiger partial charge in [-0.25, -0.2) is 22.4 Å². The minimum Gasteiger partial charge on any atom is -0.464 e. The smallest absolute Gasteiger partial charge is 0.425 e. The van der Waals surface area contributed by atoms with Crippen molar-refractivity contribution in [3.8, 4) is 11.7 Å². The molecule has 0 spiro atoms. The van der Waals surface area contributed by atoms with E-state index in [4.69, 9.17) is 4.74 Å². The van der Waals surface area contributed by atoms with Crippen LogP contribution in [0.25, 0.3) is 5.82 Å². The molecule has 0 aliphatic rings. The van der Waals surface area contributed by atoms with Crippen LogP contribution in [0.5, 0.6) is 5.88 Å². The Morgan fingerprint density at radius 1 is 1.22 bits per heavy atom. The minimum absolute atomic E-state index is 0.0105. The molecular formula is C20H17F7N6O4. The number of anilines is 1. The molecule has 0 bridgehead atoms. The number of aromatic nitrogens is 5. The monoisotopic (exact) mass is 538 g/mol. The van der Waals surface area contributed by atoms with E-state index in [2.05, 4.69) is 15.1 Å². The van der Waals surface area contributed by atoms with E-state index in [0.29, 0.717) is 29.9 Å². The Labute approximate surface area is 202 Å². The summed E-state index contributed by atoms with van der Waals surface area (Å²) in [7, 11) is 0. The Morgan fingerprint density at radius 3 is 2.43 bits per heavy atom. The van der Waals surface area contributed by atoms with Crippen LogP contribution in [0.15, 0.2) is 23.1 Å². The molecule has 3 aromatic rings. The van der Waals surface area contributed by atoms with Gasteiger partial charge in [-0.15, -0.1) is 5.10 Å². The highest BCUT2D eigenvalue weighted by Crippen LogP contribution is 2.29. The topological polar surface area (TPSA) is 124 Å². The zero-order valence-electron chi connectivity index (χ0n) is 18.9. The number of aliphatic hydroxyl groups excluding tert-OH is 1. The second-order valence-electron chi connectivity index (χ2n) is 7.31. The predicted molar refractivity (Wildman–Crippen MR) is 110 cm³/mol. The molecule has 1 atom stereocenters. The number of halogens is 7. The van der Waals surface area contributed by atoms with Gasteiger partial charge >= 0.3 is 11.9 Å². The Kier molecular flexibility index (Phi) is 7.85. The highest BCUT2D eigenvalue weighted by molar-refractivity contribution is 6.06. The van der Waals surface area contributed by atoms with Crippen molar-refractivity contribution in [1.29, 1.82) is 0 Å². The average Bonchev–Trinajstić information content (AvgIpc) is 3.15. The van der Waals surface area contributed by atoms with Crippen LogP contribution in [0.3, 0.4) is 0 Å². The van der Waals surface area contributed by atoms with Crippen molar-refractivity contribution in [3.05, 3.63) is 57.5 Å². The number of alkyl halides is 5. The fourth-order valence-corrected chi connectivity index (χ4v) is 2.97. The van der Waals surface area contributed by atoms with E-state index in [0.717, 1.165) is 4.57 Å². The maximum absolute atomic E-state index is 15.0. The van der Waals surface area contributed by atoms with Gasteiger partial charge in [0.05, 0.1) is 11.9 Å². The molecule has 37 heavy (non-hydrogen) atoms. The van der Waals surface area contributed by atoms with Crippen molar-refractivity contribution < 1.29 is 45.4 Å². The lowest BCUT2D eigenvalue weighted by molar-refractivity contribution is -0.190. The molecule has 0 aliphatic heterocycles. The second-order valence-corrected chi connectivity index (χ2v) is 7.31. The van der Waals surface area contributed by atoms with E-state index in [1.165, 1.54) is 6.92 Å². The highest BCUT2D eigenvalue weighted by Gasteiger charge is 2.39. The molecule has 0 aliphatic carbocycles. The van der Waals surface area contributed by atoms with Crippen molar-refractivity contribution >= 4 is 11.6 Å². The molecule has 0 fully saturated rings. The molecular weight excluding hydrogens is 521 g/mol. The summed E-state index contributed by atoms with van der Waals surface area (Å²) in [5.41, 5.74) is -3.76. The van der Waals surface area contributed by atoms with E-state index in [1.54, 1.807) is 0 Å². The van der Waals surface area contributed by atoms with Gasteiger partial charge in [0.2, 0.25) is 5.88 Å². The summed E-state index contributed by atoms with van der Waals surface area (Å²) in [6.07, 6.45) is -10.3. The van der Waals surface area contributed by atoms with Crippen molar-refractivity contribution in [2.45, 2.75) is 45.7 Å². The first-order valence-electron chi connectivity index (χ1n) is 10.3. The van der Waals surface area contributed by atoms with Gasteiger partial charge in [0, 0.05) is 6.54 Å². The summed E-state index contributed by atoms with van der Waals surface area (Å²) in [5.74, 6) is -6.51. The maximum atomic E-state index is 15.0. The second kappa shape index (κ2) is 10.5. The van der Waals surface area contributed by atoms with Crippen LogP contribution in [0.1, 0.15) is 42.1 Å². The van der Waals surface area contributed by atoms with Gasteiger partial charge in [-0.2, -0.15) is 22.8 Å². The molecule has 10 nitrogen and oxygen atoms in total. The van der Waals surface area contributed by atoms with Gasteiger partial charge in [0.25, 0.3) is 12.3 Å². The summed E-state index contributed by atoms with van der Waals surface area (Å²) in [6, 6.07) is 0.821. The van der Waals surface area contributed by atoms with E-state index in [1.807, 2.05) is 5.32 Å². The van der Waals surface area contributed by atoms with Crippen LogP contribution in [-0.4, -0.2) is 47.6 Å². The normalized spacial score (nSPS) is 12.6. The van der Waals surface area contributed by atoms with Crippen molar-refractivity contribution in [1.82, 2.24) is 24.3 Å². The number of carbonyl (C=O) groups excluding carboxylic acids is 1. The van der Waals surface area contributed by atoms with E-state index in [9.17, 15) is 45.4 Å². The Bertz CT molecular complexity index is 1370. The standard InChI is InChI=1S/C20H17F7N6O4/c1-3-32-14(7-34)31-33(19(32)36)16-10(21)4-9(18(30-16)37-8(2)20(25,26)27)17(35)29-12-5-13(15(23)24)28-6-11(12)22/h4-6,8,15,34H,3,7H2,1-2H3,(H,28,29,35)/t8-/m0/s1. The fourth-order valence-electron chi connectivity index (χ4n) is 2.97. The lowest BCUT2D eigenvalue weighted by Gasteiger charge is -2.19. The third-order valence-corrected chi connectivity index (χ3v) is 4.86. The SMILES string of the molecule is CCn1c(CO)nn(-c2nc(O[C@@H](C)C(F)(F)F)c(C(=O)Nc3cc(C(F)F)ncc3F)cc2F)c1=O. The summed E-state index contributed by atoms with van der Waals surface area (Å²) >= 11 is 0. The van der Waals surface area contributed by atoms with Gasteiger partial charge in [-0.3, -0.25) is 14.3 Å². The number of nitrogens with one attached hydrogen (secondary N) is 1. The Morgan fingerprint density at radius 2 is 1.89 bits per heavy atom. The molecule has 3 heterocycles.